The molecule has 0 bridgehead atoms. The Bertz CT molecular complexity index is 766. The van der Waals surface area contributed by atoms with Crippen molar-refractivity contribution in [3.8, 4) is 10.6 Å². The monoisotopic (exact) mass is 346 g/mol. The number of halogens is 1. The molecule has 1 aromatic carbocycles. The largest absolute Gasteiger partial charge is 0.338 e. The topological polar surface area (TPSA) is 33.2 Å². The minimum absolute atomic E-state index is 0.146. The molecule has 3 rings (SSSR count). The van der Waals surface area contributed by atoms with Gasteiger partial charge >= 0.3 is 0 Å². The predicted molar refractivity (Wildman–Crippen MR) is 95.8 cm³/mol. The standard InChI is InChI=1S/C18H19ClN2OS/c1-12-7-8-21(10-13(12)2)17(22)9-14-11-23-18(20-14)15-5-3-4-6-16(15)19/h3-6,11H,7-10H2,1-2H3. The van der Waals surface area contributed by atoms with Crippen molar-refractivity contribution in [2.75, 3.05) is 13.1 Å². The van der Waals surface area contributed by atoms with E-state index in [1.165, 1.54) is 22.5 Å². The van der Waals surface area contributed by atoms with Crippen LogP contribution in [0.25, 0.3) is 10.6 Å². The van der Waals surface area contributed by atoms with Crippen LogP contribution in [0, 0.1) is 0 Å². The quantitative estimate of drug-likeness (QED) is 0.762. The molecule has 0 saturated carbocycles. The Labute approximate surface area is 145 Å². The lowest BCUT2D eigenvalue weighted by molar-refractivity contribution is -0.130. The van der Waals surface area contributed by atoms with Crippen LogP contribution in [0.4, 0.5) is 0 Å². The van der Waals surface area contributed by atoms with E-state index in [2.05, 4.69) is 18.8 Å². The van der Waals surface area contributed by atoms with Gasteiger partial charge in [0.1, 0.15) is 5.01 Å². The number of nitrogens with zero attached hydrogens (tertiary/aromatic N) is 2. The van der Waals surface area contributed by atoms with E-state index in [1.54, 1.807) is 0 Å². The zero-order valence-corrected chi connectivity index (χ0v) is 14.9. The normalized spacial score (nSPS) is 15.2. The Morgan fingerprint density at radius 1 is 1.30 bits per heavy atom. The Morgan fingerprint density at radius 3 is 2.83 bits per heavy atom. The van der Waals surface area contributed by atoms with Crippen molar-refractivity contribution in [2.45, 2.75) is 26.7 Å². The average Bonchev–Trinajstić information content (AvgIpc) is 2.98. The molecule has 1 amide bonds. The highest BCUT2D eigenvalue weighted by molar-refractivity contribution is 7.13. The summed E-state index contributed by atoms with van der Waals surface area (Å²) in [4.78, 5) is 19.0. The third kappa shape index (κ3) is 3.65. The van der Waals surface area contributed by atoms with Gasteiger partial charge in [-0.1, -0.05) is 40.9 Å². The highest BCUT2D eigenvalue weighted by atomic mass is 35.5. The first kappa shape index (κ1) is 16.2. The van der Waals surface area contributed by atoms with E-state index in [4.69, 9.17) is 11.6 Å². The summed E-state index contributed by atoms with van der Waals surface area (Å²) < 4.78 is 0. The van der Waals surface area contributed by atoms with Crippen LogP contribution in [0.3, 0.4) is 0 Å². The fourth-order valence-corrected chi connectivity index (χ4v) is 3.78. The molecule has 3 nitrogen and oxygen atoms in total. The van der Waals surface area contributed by atoms with Gasteiger partial charge in [-0.3, -0.25) is 4.79 Å². The second-order valence-electron chi connectivity index (χ2n) is 5.93. The first-order chi connectivity index (χ1) is 11.0. The summed E-state index contributed by atoms with van der Waals surface area (Å²) in [6.07, 6.45) is 1.33. The van der Waals surface area contributed by atoms with Crippen LogP contribution >= 0.6 is 22.9 Å². The molecule has 0 radical (unpaired) electrons. The average molecular weight is 347 g/mol. The fourth-order valence-electron chi connectivity index (χ4n) is 2.64. The van der Waals surface area contributed by atoms with E-state index in [0.717, 1.165) is 35.8 Å². The molecule has 1 aromatic heterocycles. The van der Waals surface area contributed by atoms with Crippen molar-refractivity contribution < 1.29 is 4.79 Å². The molecular formula is C18H19ClN2OS. The van der Waals surface area contributed by atoms with Gasteiger partial charge in [0.25, 0.3) is 0 Å². The lowest BCUT2D eigenvalue weighted by Gasteiger charge is -2.28. The molecule has 0 fully saturated rings. The Kier molecular flexibility index (Phi) is 4.83. The number of thiazole rings is 1. The highest BCUT2D eigenvalue weighted by Crippen LogP contribution is 2.30. The molecule has 0 N–H and O–H groups in total. The summed E-state index contributed by atoms with van der Waals surface area (Å²) in [6, 6.07) is 7.65. The lowest BCUT2D eigenvalue weighted by atomic mass is 10.0. The van der Waals surface area contributed by atoms with Crippen LogP contribution in [0.1, 0.15) is 26.0 Å². The van der Waals surface area contributed by atoms with E-state index in [1.807, 2.05) is 34.5 Å². The van der Waals surface area contributed by atoms with Gasteiger partial charge in [-0.05, 0) is 26.3 Å². The smallest absolute Gasteiger partial charge is 0.228 e. The highest BCUT2D eigenvalue weighted by Gasteiger charge is 2.20. The van der Waals surface area contributed by atoms with Crippen LogP contribution in [0.15, 0.2) is 40.8 Å². The van der Waals surface area contributed by atoms with Gasteiger partial charge in [0.05, 0.1) is 17.1 Å². The van der Waals surface area contributed by atoms with Crippen molar-refractivity contribution in [3.05, 3.63) is 51.5 Å². The van der Waals surface area contributed by atoms with Crippen LogP contribution < -0.4 is 0 Å². The van der Waals surface area contributed by atoms with Crippen molar-refractivity contribution in [2.24, 2.45) is 0 Å². The summed E-state index contributed by atoms with van der Waals surface area (Å²) in [5.41, 5.74) is 4.45. The third-order valence-electron chi connectivity index (χ3n) is 4.25. The van der Waals surface area contributed by atoms with Crippen molar-refractivity contribution in [1.82, 2.24) is 9.88 Å². The van der Waals surface area contributed by atoms with Crippen molar-refractivity contribution in [3.63, 3.8) is 0 Å². The first-order valence-corrected chi connectivity index (χ1v) is 8.92. The fraction of sp³-hybridized carbons (Fsp3) is 0.333. The van der Waals surface area contributed by atoms with Gasteiger partial charge in [0, 0.05) is 24.0 Å². The first-order valence-electron chi connectivity index (χ1n) is 7.67. The molecular weight excluding hydrogens is 328 g/mol. The summed E-state index contributed by atoms with van der Waals surface area (Å²) in [5.74, 6) is 0.146. The molecule has 0 unspecified atom stereocenters. The molecule has 120 valence electrons. The van der Waals surface area contributed by atoms with E-state index < -0.39 is 0 Å². The number of rotatable bonds is 3. The van der Waals surface area contributed by atoms with E-state index >= 15 is 0 Å². The molecule has 0 atom stereocenters. The zero-order valence-electron chi connectivity index (χ0n) is 13.3. The van der Waals surface area contributed by atoms with Crippen LogP contribution in [-0.2, 0) is 11.2 Å². The molecule has 0 spiro atoms. The SMILES string of the molecule is CC1=C(C)CN(C(=O)Cc2csc(-c3ccccc3Cl)n2)CC1. The maximum Gasteiger partial charge on any atom is 0.228 e. The Balaban J connectivity index is 1.70. The van der Waals surface area contributed by atoms with Gasteiger partial charge in [0.15, 0.2) is 0 Å². The molecule has 23 heavy (non-hydrogen) atoms. The molecule has 1 aliphatic heterocycles. The number of hydrogen-bond acceptors (Lipinski definition) is 3. The van der Waals surface area contributed by atoms with Gasteiger partial charge in [-0.15, -0.1) is 11.3 Å². The second-order valence-corrected chi connectivity index (χ2v) is 7.19. The lowest BCUT2D eigenvalue weighted by Crippen LogP contribution is -2.37. The maximum absolute atomic E-state index is 12.5. The molecule has 2 heterocycles. The summed E-state index contributed by atoms with van der Waals surface area (Å²) in [6.45, 7) is 5.80. The maximum atomic E-state index is 12.5. The number of hydrogen-bond donors (Lipinski definition) is 0. The number of carbonyl (C=O) groups excluding carboxylic acids is 1. The molecule has 0 saturated heterocycles. The van der Waals surface area contributed by atoms with E-state index in [-0.39, 0.29) is 5.91 Å². The van der Waals surface area contributed by atoms with Crippen molar-refractivity contribution >= 4 is 28.8 Å². The predicted octanol–water partition coefficient (Wildman–Crippen LogP) is 4.57. The third-order valence-corrected chi connectivity index (χ3v) is 5.51. The molecule has 2 aromatic rings. The zero-order chi connectivity index (χ0) is 16.4. The Hall–Kier alpha value is -1.65. The van der Waals surface area contributed by atoms with E-state index in [0.29, 0.717) is 11.4 Å². The van der Waals surface area contributed by atoms with Crippen molar-refractivity contribution in [1.29, 1.82) is 0 Å². The second kappa shape index (κ2) is 6.85. The molecule has 0 aliphatic carbocycles. The van der Waals surface area contributed by atoms with Crippen LogP contribution in [-0.4, -0.2) is 28.9 Å². The van der Waals surface area contributed by atoms with Crippen LogP contribution in [0.5, 0.6) is 0 Å². The Morgan fingerprint density at radius 2 is 2.09 bits per heavy atom. The number of carbonyl (C=O) groups is 1. The van der Waals surface area contributed by atoms with Gasteiger partial charge in [0.2, 0.25) is 5.91 Å². The van der Waals surface area contributed by atoms with Gasteiger partial charge < -0.3 is 4.90 Å². The summed E-state index contributed by atoms with van der Waals surface area (Å²) in [7, 11) is 0. The minimum Gasteiger partial charge on any atom is -0.338 e. The number of aromatic nitrogens is 1. The van der Waals surface area contributed by atoms with Gasteiger partial charge in [-0.2, -0.15) is 0 Å². The number of amides is 1. The van der Waals surface area contributed by atoms with Gasteiger partial charge in [-0.25, -0.2) is 4.98 Å². The molecule has 1 aliphatic rings. The minimum atomic E-state index is 0.146. The van der Waals surface area contributed by atoms with E-state index in [9.17, 15) is 4.79 Å². The van der Waals surface area contributed by atoms with Crippen LogP contribution in [0.2, 0.25) is 5.02 Å². The summed E-state index contributed by atoms with van der Waals surface area (Å²) >= 11 is 7.74. The number of benzene rings is 1. The molecule has 5 heteroatoms. The summed E-state index contributed by atoms with van der Waals surface area (Å²) in [5, 5.41) is 3.50.